The van der Waals surface area contributed by atoms with Crippen molar-refractivity contribution < 1.29 is 39.9 Å². The number of H-pyrrole nitrogens is 1. The van der Waals surface area contributed by atoms with Gasteiger partial charge >= 0.3 is 18.0 Å². The van der Waals surface area contributed by atoms with Gasteiger partial charge in [-0.1, -0.05) is 15.9 Å². The molecule has 1 aromatic heterocycles. The van der Waals surface area contributed by atoms with Gasteiger partial charge in [0, 0.05) is 4.47 Å². The van der Waals surface area contributed by atoms with Crippen LogP contribution in [0.2, 0.25) is 0 Å². The fraction of sp³-hybridized carbons (Fsp3) is 0.231. The first kappa shape index (κ1) is 19.3. The van der Waals surface area contributed by atoms with Crippen LogP contribution in [0.25, 0.3) is 0 Å². The molecule has 136 valence electrons. The van der Waals surface area contributed by atoms with E-state index in [9.17, 15) is 39.9 Å². The first-order valence-corrected chi connectivity index (χ1v) is 6.96. The SMILES string of the molecule is O=C(c1cc(C(F)(C(F)(F)F)C(F)(F)F)[nH]n1)c1ccc(Br)cc1F. The Balaban J connectivity index is 2.50. The van der Waals surface area contributed by atoms with Crippen LogP contribution in [-0.4, -0.2) is 28.3 Å². The van der Waals surface area contributed by atoms with Gasteiger partial charge in [0.2, 0.25) is 5.78 Å². The lowest BCUT2D eigenvalue weighted by atomic mass is 9.99. The van der Waals surface area contributed by atoms with E-state index in [4.69, 9.17) is 0 Å². The van der Waals surface area contributed by atoms with Crippen molar-refractivity contribution in [3.63, 3.8) is 0 Å². The standard InChI is InChI=1S/C13H5BrF8N2O/c14-5-1-2-6(7(15)3-5)10(25)8-4-9(24-23-8)11(16,12(17,18)19)13(20,21)22/h1-4H,(H,23,24). The summed E-state index contributed by atoms with van der Waals surface area (Å²) in [6.07, 6.45) is -12.7. The number of aromatic amines is 1. The summed E-state index contributed by atoms with van der Waals surface area (Å²) in [5.41, 5.74) is -9.46. The summed E-state index contributed by atoms with van der Waals surface area (Å²) in [5, 5.41) is 4.18. The largest absolute Gasteiger partial charge is 0.437 e. The van der Waals surface area contributed by atoms with Crippen molar-refractivity contribution in [2.75, 3.05) is 0 Å². The molecular weight excluding hydrogens is 432 g/mol. The smallest absolute Gasteiger partial charge is 0.287 e. The number of nitrogens with one attached hydrogen (secondary N) is 1. The fourth-order valence-electron chi connectivity index (χ4n) is 1.89. The van der Waals surface area contributed by atoms with Crippen molar-refractivity contribution in [3.8, 4) is 0 Å². The normalized spacial score (nSPS) is 13.2. The zero-order valence-electron chi connectivity index (χ0n) is 11.6. The highest BCUT2D eigenvalue weighted by atomic mass is 79.9. The summed E-state index contributed by atoms with van der Waals surface area (Å²) in [5.74, 6) is -2.42. The third-order valence-corrected chi connectivity index (χ3v) is 3.63. The molecule has 0 fully saturated rings. The molecule has 0 aliphatic heterocycles. The molecule has 3 nitrogen and oxygen atoms in total. The highest BCUT2D eigenvalue weighted by Gasteiger charge is 2.74. The summed E-state index contributed by atoms with van der Waals surface area (Å²) < 4.78 is 104. The first-order chi connectivity index (χ1) is 11.3. The number of hydrogen-bond acceptors (Lipinski definition) is 2. The summed E-state index contributed by atoms with van der Waals surface area (Å²) in [6.45, 7) is 0. The number of hydrogen-bond donors (Lipinski definition) is 1. The number of rotatable bonds is 3. The Morgan fingerprint density at radius 2 is 1.56 bits per heavy atom. The average molecular weight is 437 g/mol. The molecule has 0 amide bonds. The lowest BCUT2D eigenvalue weighted by Gasteiger charge is -2.28. The molecular formula is C13H5BrF8N2O. The first-order valence-electron chi connectivity index (χ1n) is 6.17. The summed E-state index contributed by atoms with van der Waals surface area (Å²) in [7, 11) is 0. The van der Waals surface area contributed by atoms with Gasteiger partial charge in [0.25, 0.3) is 0 Å². The van der Waals surface area contributed by atoms with E-state index >= 15 is 0 Å². The molecule has 0 aliphatic rings. The van der Waals surface area contributed by atoms with Gasteiger partial charge in [-0.05, 0) is 24.3 Å². The molecule has 0 bridgehead atoms. The molecule has 12 heteroatoms. The second kappa shape index (κ2) is 6.07. The minimum atomic E-state index is -6.36. The van der Waals surface area contributed by atoms with Gasteiger partial charge in [-0.25, -0.2) is 8.78 Å². The molecule has 0 radical (unpaired) electrons. The van der Waals surface area contributed by atoms with E-state index in [1.54, 1.807) is 0 Å². The van der Waals surface area contributed by atoms with E-state index in [1.807, 2.05) is 0 Å². The van der Waals surface area contributed by atoms with Crippen LogP contribution in [0, 0.1) is 5.82 Å². The Morgan fingerprint density at radius 1 is 1.00 bits per heavy atom. The molecule has 0 unspecified atom stereocenters. The Kier molecular flexibility index (Phi) is 4.70. The lowest BCUT2D eigenvalue weighted by Crippen LogP contribution is -2.50. The maximum absolute atomic E-state index is 13.8. The highest BCUT2D eigenvalue weighted by Crippen LogP contribution is 2.52. The van der Waals surface area contributed by atoms with Gasteiger partial charge in [0.05, 0.1) is 11.3 Å². The molecule has 0 saturated heterocycles. The van der Waals surface area contributed by atoms with E-state index < -0.39 is 46.6 Å². The Labute approximate surface area is 142 Å². The fourth-order valence-corrected chi connectivity index (χ4v) is 2.23. The minimum absolute atomic E-state index is 0.0508. The van der Waals surface area contributed by atoms with Crippen molar-refractivity contribution in [3.05, 3.63) is 51.5 Å². The van der Waals surface area contributed by atoms with Crippen molar-refractivity contribution >= 4 is 21.7 Å². The van der Waals surface area contributed by atoms with Crippen LogP contribution in [0.3, 0.4) is 0 Å². The molecule has 0 atom stereocenters. The highest BCUT2D eigenvalue weighted by molar-refractivity contribution is 9.10. The van der Waals surface area contributed by atoms with Crippen LogP contribution in [0.4, 0.5) is 35.1 Å². The van der Waals surface area contributed by atoms with Crippen LogP contribution in [-0.2, 0) is 5.67 Å². The number of aromatic nitrogens is 2. The van der Waals surface area contributed by atoms with Crippen LogP contribution in [0.1, 0.15) is 21.7 Å². The molecule has 2 rings (SSSR count). The van der Waals surface area contributed by atoms with E-state index in [0.29, 0.717) is 0 Å². The number of alkyl halides is 7. The van der Waals surface area contributed by atoms with E-state index in [0.717, 1.165) is 12.1 Å². The zero-order valence-corrected chi connectivity index (χ0v) is 13.2. The van der Waals surface area contributed by atoms with Gasteiger partial charge in [0.1, 0.15) is 11.5 Å². The number of nitrogens with zero attached hydrogens (tertiary/aromatic N) is 1. The van der Waals surface area contributed by atoms with Gasteiger partial charge in [-0.15, -0.1) is 0 Å². The molecule has 1 aromatic carbocycles. The Hall–Kier alpha value is -1.98. The van der Waals surface area contributed by atoms with Crippen molar-refractivity contribution in [2.45, 2.75) is 18.0 Å². The number of carbonyl (C=O) groups excluding carboxylic acids is 1. The maximum atomic E-state index is 13.8. The second-order valence-electron chi connectivity index (χ2n) is 4.77. The topological polar surface area (TPSA) is 45.8 Å². The van der Waals surface area contributed by atoms with Gasteiger partial charge in [-0.2, -0.15) is 31.4 Å². The molecule has 1 N–H and O–H groups in total. The Morgan fingerprint density at radius 3 is 2.04 bits per heavy atom. The molecule has 0 saturated carbocycles. The number of ketones is 1. The van der Waals surface area contributed by atoms with Crippen LogP contribution in [0.15, 0.2) is 28.7 Å². The van der Waals surface area contributed by atoms with Gasteiger partial charge in [-0.3, -0.25) is 9.89 Å². The van der Waals surface area contributed by atoms with Crippen LogP contribution in [0.5, 0.6) is 0 Å². The number of benzene rings is 1. The van der Waals surface area contributed by atoms with Gasteiger partial charge < -0.3 is 0 Å². The molecule has 25 heavy (non-hydrogen) atoms. The van der Waals surface area contributed by atoms with E-state index in [2.05, 4.69) is 21.0 Å². The van der Waals surface area contributed by atoms with Crippen molar-refractivity contribution in [1.29, 1.82) is 0 Å². The quantitative estimate of drug-likeness (QED) is 0.553. The average Bonchev–Trinajstić information content (AvgIpc) is 2.93. The maximum Gasteiger partial charge on any atom is 0.437 e. The molecule has 1 heterocycles. The number of carbonyl (C=O) groups is 1. The third-order valence-electron chi connectivity index (χ3n) is 3.14. The summed E-state index contributed by atoms with van der Waals surface area (Å²) in [6, 6.07) is 2.96. The van der Waals surface area contributed by atoms with Crippen molar-refractivity contribution in [1.82, 2.24) is 10.2 Å². The summed E-state index contributed by atoms with van der Waals surface area (Å²) >= 11 is 2.90. The Bertz CT molecular complexity index is 797. The molecule has 0 spiro atoms. The molecule has 2 aromatic rings. The summed E-state index contributed by atoms with van der Waals surface area (Å²) in [4.78, 5) is 12.0. The molecule has 0 aliphatic carbocycles. The van der Waals surface area contributed by atoms with Crippen LogP contribution < -0.4 is 0 Å². The van der Waals surface area contributed by atoms with E-state index in [1.165, 1.54) is 11.2 Å². The monoisotopic (exact) mass is 436 g/mol. The lowest BCUT2D eigenvalue weighted by molar-refractivity contribution is -0.350. The predicted octanol–water partition coefficient (Wildman–Crippen LogP) is 4.83. The predicted molar refractivity (Wildman–Crippen MR) is 71.0 cm³/mol. The van der Waals surface area contributed by atoms with Crippen LogP contribution >= 0.6 is 15.9 Å². The van der Waals surface area contributed by atoms with E-state index in [-0.39, 0.29) is 10.5 Å². The second-order valence-corrected chi connectivity index (χ2v) is 5.69. The zero-order chi connectivity index (χ0) is 19.2. The van der Waals surface area contributed by atoms with Gasteiger partial charge in [0.15, 0.2) is 0 Å². The minimum Gasteiger partial charge on any atom is -0.287 e. The van der Waals surface area contributed by atoms with Crippen molar-refractivity contribution in [2.24, 2.45) is 0 Å². The third kappa shape index (κ3) is 3.26. The number of halogens is 9.